The number of nitrogens with zero attached hydrogens (tertiary/aromatic N) is 2. The van der Waals surface area contributed by atoms with Crippen molar-refractivity contribution < 1.29 is 24.3 Å². The van der Waals surface area contributed by atoms with Crippen molar-refractivity contribution in [2.75, 3.05) is 13.1 Å². The minimum atomic E-state index is -1.32. The second-order valence-electron chi connectivity index (χ2n) is 4.09. The van der Waals surface area contributed by atoms with Gasteiger partial charge in [0.25, 0.3) is 0 Å². The van der Waals surface area contributed by atoms with Crippen molar-refractivity contribution >= 4 is 23.8 Å². The molecule has 1 fully saturated rings. The zero-order chi connectivity index (χ0) is 13.7. The zero-order valence-corrected chi connectivity index (χ0v) is 10.2. The molecule has 1 heterocycles. The van der Waals surface area contributed by atoms with E-state index in [1.807, 2.05) is 6.92 Å². The molecule has 0 saturated carbocycles. The van der Waals surface area contributed by atoms with Crippen LogP contribution < -0.4 is 0 Å². The third kappa shape index (κ3) is 3.06. The lowest BCUT2D eigenvalue weighted by Crippen LogP contribution is -2.37. The predicted octanol–water partition coefficient (Wildman–Crippen LogP) is 0.442. The van der Waals surface area contributed by atoms with E-state index in [-0.39, 0.29) is 6.54 Å². The number of aliphatic carboxylic acids is 1. The molecule has 1 saturated heterocycles. The molecule has 1 N–H and O–H groups in total. The summed E-state index contributed by atoms with van der Waals surface area (Å²) in [5.41, 5.74) is 0. The third-order valence-electron chi connectivity index (χ3n) is 2.66. The number of hydrogen-bond donors (Lipinski definition) is 1. The van der Waals surface area contributed by atoms with Crippen molar-refractivity contribution in [2.24, 2.45) is 0 Å². The third-order valence-corrected chi connectivity index (χ3v) is 2.66. The van der Waals surface area contributed by atoms with E-state index >= 15 is 0 Å². The fourth-order valence-corrected chi connectivity index (χ4v) is 1.72. The summed E-state index contributed by atoms with van der Waals surface area (Å²) >= 11 is 0. The van der Waals surface area contributed by atoms with E-state index in [9.17, 15) is 19.2 Å². The molecule has 0 unspecified atom stereocenters. The van der Waals surface area contributed by atoms with Gasteiger partial charge in [0.1, 0.15) is 6.54 Å². The molecular formula is C11H16N2O5. The minimum absolute atomic E-state index is 0.166. The first kappa shape index (κ1) is 14.1. The number of carboxylic acid groups (broad SMARTS) is 1. The Morgan fingerprint density at radius 3 is 2.22 bits per heavy atom. The number of urea groups is 1. The first-order valence-corrected chi connectivity index (χ1v) is 5.88. The Hall–Kier alpha value is -1.92. The molecule has 0 aromatic carbocycles. The second kappa shape index (κ2) is 6.13. The molecule has 100 valence electrons. The molecular weight excluding hydrogens is 240 g/mol. The summed E-state index contributed by atoms with van der Waals surface area (Å²) in [5.74, 6) is -3.31. The molecule has 4 amide bonds. The summed E-state index contributed by atoms with van der Waals surface area (Å²) in [7, 11) is 0. The highest BCUT2D eigenvalue weighted by Crippen LogP contribution is 2.13. The number of rotatable bonds is 7. The lowest BCUT2D eigenvalue weighted by molar-refractivity contribution is -0.146. The largest absolute Gasteiger partial charge is 0.480 e. The Balaban J connectivity index is 2.59. The first-order chi connectivity index (χ1) is 8.49. The lowest BCUT2D eigenvalue weighted by atomic mass is 10.2. The van der Waals surface area contributed by atoms with Gasteiger partial charge in [-0.2, -0.15) is 0 Å². The van der Waals surface area contributed by atoms with Gasteiger partial charge in [-0.05, 0) is 6.42 Å². The first-order valence-electron chi connectivity index (χ1n) is 5.88. The molecule has 0 aromatic heterocycles. The van der Waals surface area contributed by atoms with Gasteiger partial charge in [0.2, 0.25) is 0 Å². The van der Waals surface area contributed by atoms with Gasteiger partial charge in [-0.15, -0.1) is 0 Å². The summed E-state index contributed by atoms with van der Waals surface area (Å²) < 4.78 is 0. The SMILES string of the molecule is CCCCCCN1C(=O)C(=O)N(CC(=O)O)C1=O. The zero-order valence-electron chi connectivity index (χ0n) is 10.2. The Bertz CT molecular complexity index is 380. The van der Waals surface area contributed by atoms with E-state index < -0.39 is 30.4 Å². The van der Waals surface area contributed by atoms with Crippen LogP contribution in [-0.4, -0.2) is 51.8 Å². The number of amides is 4. The number of carbonyl (C=O) groups excluding carboxylic acids is 3. The smallest absolute Gasteiger partial charge is 0.334 e. The highest BCUT2D eigenvalue weighted by Gasteiger charge is 2.44. The quantitative estimate of drug-likeness (QED) is 0.405. The summed E-state index contributed by atoms with van der Waals surface area (Å²) in [6.45, 7) is 1.43. The van der Waals surface area contributed by atoms with Gasteiger partial charge in [0.05, 0.1) is 0 Å². The normalized spacial score (nSPS) is 15.7. The maximum atomic E-state index is 11.7. The highest BCUT2D eigenvalue weighted by atomic mass is 16.4. The van der Waals surface area contributed by atoms with Gasteiger partial charge >= 0.3 is 23.8 Å². The molecule has 0 aliphatic carbocycles. The summed E-state index contributed by atoms with van der Waals surface area (Å²) in [5, 5.41) is 8.55. The van der Waals surface area contributed by atoms with Crippen LogP contribution in [-0.2, 0) is 14.4 Å². The molecule has 7 nitrogen and oxygen atoms in total. The van der Waals surface area contributed by atoms with E-state index in [2.05, 4.69) is 0 Å². The fourth-order valence-electron chi connectivity index (χ4n) is 1.72. The van der Waals surface area contributed by atoms with Gasteiger partial charge in [-0.1, -0.05) is 26.2 Å². The number of hydrogen-bond acceptors (Lipinski definition) is 4. The molecule has 7 heteroatoms. The van der Waals surface area contributed by atoms with Gasteiger partial charge in [-0.3, -0.25) is 19.3 Å². The van der Waals surface area contributed by atoms with Gasteiger partial charge in [0, 0.05) is 6.54 Å². The Morgan fingerprint density at radius 2 is 1.67 bits per heavy atom. The number of carboxylic acids is 1. The van der Waals surface area contributed by atoms with E-state index in [1.165, 1.54) is 0 Å². The fraction of sp³-hybridized carbons (Fsp3) is 0.636. The summed E-state index contributed by atoms with van der Waals surface area (Å²) in [6.07, 6.45) is 3.50. The van der Waals surface area contributed by atoms with Gasteiger partial charge < -0.3 is 5.11 Å². The van der Waals surface area contributed by atoms with E-state index in [1.54, 1.807) is 0 Å². The molecule has 0 bridgehead atoms. The topological polar surface area (TPSA) is 95.0 Å². The molecule has 0 atom stereocenters. The number of carbonyl (C=O) groups is 4. The molecule has 0 spiro atoms. The number of imide groups is 2. The van der Waals surface area contributed by atoms with Gasteiger partial charge in [-0.25, -0.2) is 9.69 Å². The highest BCUT2D eigenvalue weighted by molar-refractivity contribution is 6.44. The van der Waals surface area contributed by atoms with Crippen molar-refractivity contribution in [3.05, 3.63) is 0 Å². The van der Waals surface area contributed by atoms with E-state index in [0.29, 0.717) is 11.3 Å². The van der Waals surface area contributed by atoms with Gasteiger partial charge in [0.15, 0.2) is 0 Å². The van der Waals surface area contributed by atoms with Crippen LogP contribution in [0.1, 0.15) is 32.6 Å². The van der Waals surface area contributed by atoms with Crippen molar-refractivity contribution in [1.82, 2.24) is 9.80 Å². The minimum Gasteiger partial charge on any atom is -0.480 e. The van der Waals surface area contributed by atoms with Crippen LogP contribution in [0.2, 0.25) is 0 Å². The molecule has 1 aliphatic heterocycles. The van der Waals surface area contributed by atoms with Crippen molar-refractivity contribution in [3.8, 4) is 0 Å². The second-order valence-corrected chi connectivity index (χ2v) is 4.09. The van der Waals surface area contributed by atoms with Crippen LogP contribution in [0, 0.1) is 0 Å². The number of unbranched alkanes of at least 4 members (excludes halogenated alkanes) is 3. The average molecular weight is 256 g/mol. The van der Waals surface area contributed by atoms with E-state index in [0.717, 1.165) is 24.2 Å². The van der Waals surface area contributed by atoms with Crippen LogP contribution in [0.5, 0.6) is 0 Å². The van der Waals surface area contributed by atoms with Crippen LogP contribution >= 0.6 is 0 Å². The Labute approximate surface area is 104 Å². The summed E-state index contributed by atoms with van der Waals surface area (Å²) in [6, 6.07) is -0.830. The average Bonchev–Trinajstić information content (AvgIpc) is 2.50. The van der Waals surface area contributed by atoms with Crippen molar-refractivity contribution in [2.45, 2.75) is 32.6 Å². The predicted molar refractivity (Wildman–Crippen MR) is 60.6 cm³/mol. The molecule has 18 heavy (non-hydrogen) atoms. The molecule has 1 aliphatic rings. The van der Waals surface area contributed by atoms with Crippen LogP contribution in [0.4, 0.5) is 4.79 Å². The Morgan fingerprint density at radius 1 is 1.06 bits per heavy atom. The molecule has 0 radical (unpaired) electrons. The monoisotopic (exact) mass is 256 g/mol. The maximum absolute atomic E-state index is 11.7. The maximum Gasteiger partial charge on any atom is 0.334 e. The molecule has 0 aromatic rings. The van der Waals surface area contributed by atoms with Crippen LogP contribution in [0.25, 0.3) is 0 Å². The summed E-state index contributed by atoms with van der Waals surface area (Å²) in [4.78, 5) is 46.3. The lowest BCUT2D eigenvalue weighted by Gasteiger charge is -2.13. The standard InChI is InChI=1S/C11H16N2O5/c1-2-3-4-5-6-12-9(16)10(17)13(11(12)18)7-8(14)15/h2-7H2,1H3,(H,14,15). The van der Waals surface area contributed by atoms with E-state index in [4.69, 9.17) is 5.11 Å². The molecule has 1 rings (SSSR count). The van der Waals surface area contributed by atoms with Crippen molar-refractivity contribution in [3.63, 3.8) is 0 Å². The van der Waals surface area contributed by atoms with Crippen LogP contribution in [0.3, 0.4) is 0 Å². The Kier molecular flexibility index (Phi) is 4.82. The van der Waals surface area contributed by atoms with Crippen LogP contribution in [0.15, 0.2) is 0 Å². The van der Waals surface area contributed by atoms with Crippen molar-refractivity contribution in [1.29, 1.82) is 0 Å².